The van der Waals surface area contributed by atoms with E-state index in [2.05, 4.69) is 6.58 Å². The summed E-state index contributed by atoms with van der Waals surface area (Å²) in [5, 5.41) is 0. The molecule has 0 bridgehead atoms. The minimum absolute atomic E-state index is 0.0547. The number of hydrogen-bond donors (Lipinski definition) is 0. The summed E-state index contributed by atoms with van der Waals surface area (Å²) in [5.41, 5.74) is -0.363. The number of ether oxygens (including phenoxy) is 1. The smallest absolute Gasteiger partial charge is 0.248 e. The summed E-state index contributed by atoms with van der Waals surface area (Å²) in [7, 11) is 0. The molecule has 1 nitrogen and oxygen atoms in total. The van der Waals surface area contributed by atoms with Gasteiger partial charge in [-0.15, -0.1) is 6.58 Å². The number of halogens is 2. The van der Waals surface area contributed by atoms with E-state index in [0.717, 1.165) is 0 Å². The third-order valence-electron chi connectivity index (χ3n) is 2.86. The van der Waals surface area contributed by atoms with Crippen LogP contribution in [-0.4, -0.2) is 18.1 Å². The molecule has 0 unspecified atom stereocenters. The molecule has 3 heteroatoms. The van der Waals surface area contributed by atoms with Crippen molar-refractivity contribution in [2.24, 2.45) is 0 Å². The molecule has 1 fully saturated rings. The van der Waals surface area contributed by atoms with Crippen molar-refractivity contribution in [2.45, 2.75) is 50.6 Å². The van der Waals surface area contributed by atoms with Crippen LogP contribution in [0, 0.1) is 0 Å². The molecule has 82 valence electrons. The summed E-state index contributed by atoms with van der Waals surface area (Å²) in [6, 6.07) is 0. The second-order valence-electron chi connectivity index (χ2n) is 3.96. The maximum atomic E-state index is 12.9. The molecule has 0 spiro atoms. The van der Waals surface area contributed by atoms with E-state index in [1.54, 1.807) is 6.08 Å². The molecule has 0 aromatic carbocycles. The second kappa shape index (κ2) is 4.39. The van der Waals surface area contributed by atoms with Crippen LogP contribution in [0.2, 0.25) is 0 Å². The second-order valence-corrected chi connectivity index (χ2v) is 3.96. The Bertz CT molecular complexity index is 191. The molecule has 1 rings (SSSR count). The first-order valence-corrected chi connectivity index (χ1v) is 5.16. The van der Waals surface area contributed by atoms with E-state index in [0.29, 0.717) is 25.9 Å². The molecular formula is C11H18F2O. The van der Waals surface area contributed by atoms with Gasteiger partial charge in [-0.2, -0.15) is 0 Å². The molecule has 0 aromatic rings. The van der Waals surface area contributed by atoms with Crippen LogP contribution < -0.4 is 0 Å². The van der Waals surface area contributed by atoms with Crippen molar-refractivity contribution < 1.29 is 13.5 Å². The zero-order chi connectivity index (χ0) is 10.7. The minimum Gasteiger partial charge on any atom is -0.375 e. The lowest BCUT2D eigenvalue weighted by molar-refractivity contribution is -0.128. The maximum absolute atomic E-state index is 12.9. The predicted octanol–water partition coefficient (Wildman–Crippen LogP) is 3.55. The van der Waals surface area contributed by atoms with Gasteiger partial charge in [0.2, 0.25) is 5.92 Å². The molecular weight excluding hydrogens is 186 g/mol. The summed E-state index contributed by atoms with van der Waals surface area (Å²) in [4.78, 5) is 0. The Kier molecular flexibility index (Phi) is 3.65. The third-order valence-corrected chi connectivity index (χ3v) is 2.86. The fourth-order valence-electron chi connectivity index (χ4n) is 2.05. The van der Waals surface area contributed by atoms with Crippen LogP contribution in [0.15, 0.2) is 12.7 Å². The standard InChI is InChI=1S/C11H18F2O/c1-3-5-10(14-4-2)6-8-11(12,13)9-7-10/h3H,1,4-9H2,2H3. The zero-order valence-electron chi connectivity index (χ0n) is 8.69. The lowest BCUT2D eigenvalue weighted by atomic mass is 9.80. The van der Waals surface area contributed by atoms with Crippen LogP contribution >= 0.6 is 0 Å². The summed E-state index contributed by atoms with van der Waals surface area (Å²) in [5.74, 6) is -2.48. The van der Waals surface area contributed by atoms with E-state index >= 15 is 0 Å². The van der Waals surface area contributed by atoms with Crippen molar-refractivity contribution in [3.8, 4) is 0 Å². The van der Waals surface area contributed by atoms with E-state index in [-0.39, 0.29) is 18.4 Å². The van der Waals surface area contributed by atoms with Gasteiger partial charge in [0.15, 0.2) is 0 Å². The van der Waals surface area contributed by atoms with Crippen molar-refractivity contribution >= 4 is 0 Å². The number of hydrogen-bond acceptors (Lipinski definition) is 1. The Morgan fingerprint density at radius 2 is 1.86 bits per heavy atom. The fraction of sp³-hybridized carbons (Fsp3) is 0.818. The zero-order valence-corrected chi connectivity index (χ0v) is 8.69. The van der Waals surface area contributed by atoms with Crippen molar-refractivity contribution in [3.05, 3.63) is 12.7 Å². The molecule has 1 saturated carbocycles. The lowest BCUT2D eigenvalue weighted by Crippen LogP contribution is -2.40. The van der Waals surface area contributed by atoms with Crippen LogP contribution in [-0.2, 0) is 4.74 Å². The Morgan fingerprint density at radius 1 is 1.29 bits per heavy atom. The average Bonchev–Trinajstić information content (AvgIpc) is 2.12. The van der Waals surface area contributed by atoms with Crippen molar-refractivity contribution in [3.63, 3.8) is 0 Å². The van der Waals surface area contributed by atoms with Crippen molar-refractivity contribution in [1.29, 1.82) is 0 Å². The SMILES string of the molecule is C=CCC1(OCC)CCC(F)(F)CC1. The monoisotopic (exact) mass is 204 g/mol. The summed E-state index contributed by atoms with van der Waals surface area (Å²) in [6.45, 7) is 6.13. The Balaban J connectivity index is 2.58. The first-order valence-electron chi connectivity index (χ1n) is 5.16. The van der Waals surface area contributed by atoms with E-state index in [9.17, 15) is 8.78 Å². The van der Waals surface area contributed by atoms with Crippen LogP contribution in [0.5, 0.6) is 0 Å². The molecule has 0 atom stereocenters. The summed E-state index contributed by atoms with van der Waals surface area (Å²) < 4.78 is 31.5. The predicted molar refractivity (Wildman–Crippen MR) is 52.6 cm³/mol. The van der Waals surface area contributed by atoms with Gasteiger partial charge in [0.1, 0.15) is 0 Å². The van der Waals surface area contributed by atoms with Gasteiger partial charge in [-0.05, 0) is 26.2 Å². The molecule has 0 radical (unpaired) electrons. The fourth-order valence-corrected chi connectivity index (χ4v) is 2.05. The third kappa shape index (κ3) is 2.77. The summed E-state index contributed by atoms with van der Waals surface area (Å²) >= 11 is 0. The largest absolute Gasteiger partial charge is 0.375 e. The molecule has 0 aliphatic heterocycles. The highest BCUT2D eigenvalue weighted by molar-refractivity contribution is 4.94. The highest BCUT2D eigenvalue weighted by Gasteiger charge is 2.43. The van der Waals surface area contributed by atoms with Gasteiger partial charge in [-0.25, -0.2) is 8.78 Å². The molecule has 0 N–H and O–H groups in total. The van der Waals surface area contributed by atoms with Crippen molar-refractivity contribution in [1.82, 2.24) is 0 Å². The van der Waals surface area contributed by atoms with Crippen LogP contribution in [0.4, 0.5) is 8.78 Å². The topological polar surface area (TPSA) is 9.23 Å². The van der Waals surface area contributed by atoms with E-state index in [4.69, 9.17) is 4.74 Å². The van der Waals surface area contributed by atoms with Gasteiger partial charge >= 0.3 is 0 Å². The number of alkyl halides is 2. The summed E-state index contributed by atoms with van der Waals surface area (Å²) in [6.07, 6.45) is 3.22. The lowest BCUT2D eigenvalue weighted by Gasteiger charge is -2.39. The maximum Gasteiger partial charge on any atom is 0.248 e. The van der Waals surface area contributed by atoms with E-state index < -0.39 is 5.92 Å². The van der Waals surface area contributed by atoms with E-state index in [1.165, 1.54) is 0 Å². The Morgan fingerprint density at radius 3 is 2.29 bits per heavy atom. The highest BCUT2D eigenvalue weighted by atomic mass is 19.3. The molecule has 0 heterocycles. The van der Waals surface area contributed by atoms with Crippen LogP contribution in [0.3, 0.4) is 0 Å². The van der Waals surface area contributed by atoms with Gasteiger partial charge in [-0.1, -0.05) is 6.08 Å². The van der Waals surface area contributed by atoms with Crippen LogP contribution in [0.1, 0.15) is 39.0 Å². The molecule has 0 amide bonds. The van der Waals surface area contributed by atoms with E-state index in [1.807, 2.05) is 6.92 Å². The molecule has 0 aromatic heterocycles. The highest BCUT2D eigenvalue weighted by Crippen LogP contribution is 2.42. The quantitative estimate of drug-likeness (QED) is 0.636. The van der Waals surface area contributed by atoms with Gasteiger partial charge in [0, 0.05) is 19.4 Å². The molecule has 14 heavy (non-hydrogen) atoms. The first kappa shape index (κ1) is 11.6. The molecule has 1 aliphatic carbocycles. The molecule has 0 saturated heterocycles. The first-order chi connectivity index (χ1) is 6.54. The van der Waals surface area contributed by atoms with Gasteiger partial charge in [0.25, 0.3) is 0 Å². The van der Waals surface area contributed by atoms with Gasteiger partial charge < -0.3 is 4.74 Å². The number of rotatable bonds is 4. The van der Waals surface area contributed by atoms with Gasteiger partial charge in [0.05, 0.1) is 5.60 Å². The average molecular weight is 204 g/mol. The Labute approximate surface area is 84.1 Å². The minimum atomic E-state index is -2.48. The van der Waals surface area contributed by atoms with Crippen LogP contribution in [0.25, 0.3) is 0 Å². The van der Waals surface area contributed by atoms with Gasteiger partial charge in [-0.3, -0.25) is 0 Å². The Hall–Kier alpha value is -0.440. The normalized spacial score (nSPS) is 24.5. The van der Waals surface area contributed by atoms with Crippen molar-refractivity contribution in [2.75, 3.05) is 6.61 Å². The molecule has 1 aliphatic rings.